The quantitative estimate of drug-likeness (QED) is 0.416. The van der Waals surface area contributed by atoms with E-state index in [2.05, 4.69) is 11.8 Å². The molecule has 0 saturated heterocycles. The van der Waals surface area contributed by atoms with Crippen LogP contribution in [0.4, 0.5) is 0 Å². The molecule has 0 aromatic heterocycles. The molecule has 86 valence electrons. The third kappa shape index (κ3) is 8.79. The fourth-order valence-corrected chi connectivity index (χ4v) is 1.56. The van der Waals surface area contributed by atoms with Gasteiger partial charge >= 0.3 is 0 Å². The molecule has 0 aromatic carbocycles. The second-order valence-corrected chi connectivity index (χ2v) is 3.76. The highest BCUT2D eigenvalue weighted by Gasteiger charge is 2.00. The average molecular weight is 222 g/mol. The SMILES string of the molecule is CCOCCN(CC)CCCCCCl. The van der Waals surface area contributed by atoms with E-state index in [0.29, 0.717) is 0 Å². The van der Waals surface area contributed by atoms with Crippen molar-refractivity contribution in [3.05, 3.63) is 0 Å². The third-order valence-electron chi connectivity index (χ3n) is 2.31. The standard InChI is InChI=1S/C11H24ClNO/c1-3-13(10-11-14-4-2)9-7-5-6-8-12/h3-11H2,1-2H3. The number of likely N-dealkylation sites (N-methyl/N-ethyl adjacent to an activating group) is 1. The number of halogens is 1. The molecule has 2 nitrogen and oxygen atoms in total. The maximum atomic E-state index is 5.62. The lowest BCUT2D eigenvalue weighted by Gasteiger charge is -2.19. The van der Waals surface area contributed by atoms with Crippen molar-refractivity contribution in [2.24, 2.45) is 0 Å². The van der Waals surface area contributed by atoms with E-state index in [1.165, 1.54) is 19.4 Å². The summed E-state index contributed by atoms with van der Waals surface area (Å²) in [6.45, 7) is 9.29. The number of nitrogens with zero attached hydrogens (tertiary/aromatic N) is 1. The van der Waals surface area contributed by atoms with Gasteiger partial charge in [-0.15, -0.1) is 11.6 Å². The Kier molecular flexibility index (Phi) is 11.5. The summed E-state index contributed by atoms with van der Waals surface area (Å²) < 4.78 is 5.33. The van der Waals surface area contributed by atoms with Crippen molar-refractivity contribution < 1.29 is 4.74 Å². The van der Waals surface area contributed by atoms with Crippen LogP contribution in [-0.2, 0) is 4.74 Å². The van der Waals surface area contributed by atoms with Gasteiger partial charge in [-0.1, -0.05) is 13.3 Å². The molecule has 0 fully saturated rings. The smallest absolute Gasteiger partial charge is 0.0593 e. The lowest BCUT2D eigenvalue weighted by atomic mass is 10.2. The number of hydrogen-bond acceptors (Lipinski definition) is 2. The molecular formula is C11H24ClNO. The summed E-state index contributed by atoms with van der Waals surface area (Å²) in [6.07, 6.45) is 3.64. The fraction of sp³-hybridized carbons (Fsp3) is 1.00. The first-order chi connectivity index (χ1) is 6.85. The molecule has 0 radical (unpaired) electrons. The lowest BCUT2D eigenvalue weighted by molar-refractivity contribution is 0.114. The van der Waals surface area contributed by atoms with Crippen LogP contribution >= 0.6 is 11.6 Å². The van der Waals surface area contributed by atoms with Crippen LogP contribution in [0.5, 0.6) is 0 Å². The molecule has 0 rings (SSSR count). The van der Waals surface area contributed by atoms with Gasteiger partial charge in [-0.25, -0.2) is 0 Å². The van der Waals surface area contributed by atoms with E-state index in [1.807, 2.05) is 6.92 Å². The van der Waals surface area contributed by atoms with Crippen molar-refractivity contribution in [1.82, 2.24) is 4.90 Å². The van der Waals surface area contributed by atoms with Gasteiger partial charge in [0.1, 0.15) is 0 Å². The summed E-state index contributed by atoms with van der Waals surface area (Å²) in [4.78, 5) is 2.43. The van der Waals surface area contributed by atoms with E-state index in [-0.39, 0.29) is 0 Å². The van der Waals surface area contributed by atoms with Crippen LogP contribution in [0.1, 0.15) is 33.1 Å². The van der Waals surface area contributed by atoms with E-state index in [1.54, 1.807) is 0 Å². The highest BCUT2D eigenvalue weighted by molar-refractivity contribution is 6.17. The molecule has 0 aliphatic carbocycles. The predicted octanol–water partition coefficient (Wildman–Crippen LogP) is 2.75. The Labute approximate surface area is 93.6 Å². The first kappa shape index (κ1) is 14.2. The predicted molar refractivity (Wildman–Crippen MR) is 63.2 cm³/mol. The Hall–Kier alpha value is 0.210. The molecule has 0 unspecified atom stereocenters. The molecule has 0 aliphatic rings. The maximum absolute atomic E-state index is 5.62. The van der Waals surface area contributed by atoms with E-state index >= 15 is 0 Å². The highest BCUT2D eigenvalue weighted by atomic mass is 35.5. The van der Waals surface area contributed by atoms with Gasteiger partial charge in [-0.05, 0) is 32.9 Å². The van der Waals surface area contributed by atoms with Gasteiger partial charge < -0.3 is 9.64 Å². The van der Waals surface area contributed by atoms with Crippen molar-refractivity contribution in [1.29, 1.82) is 0 Å². The lowest BCUT2D eigenvalue weighted by Crippen LogP contribution is -2.28. The van der Waals surface area contributed by atoms with E-state index in [9.17, 15) is 0 Å². The third-order valence-corrected chi connectivity index (χ3v) is 2.58. The zero-order chi connectivity index (χ0) is 10.6. The Morgan fingerprint density at radius 2 is 1.86 bits per heavy atom. The molecule has 14 heavy (non-hydrogen) atoms. The Bertz CT molecular complexity index is 111. The monoisotopic (exact) mass is 221 g/mol. The number of rotatable bonds is 10. The summed E-state index contributed by atoms with van der Waals surface area (Å²) in [5.74, 6) is 0.797. The van der Waals surface area contributed by atoms with Crippen molar-refractivity contribution in [2.45, 2.75) is 33.1 Å². The molecule has 3 heteroatoms. The van der Waals surface area contributed by atoms with Crippen molar-refractivity contribution in [2.75, 3.05) is 38.7 Å². The molecule has 0 aromatic rings. The molecular weight excluding hydrogens is 198 g/mol. The van der Waals surface area contributed by atoms with Crippen LogP contribution in [0.25, 0.3) is 0 Å². The van der Waals surface area contributed by atoms with Gasteiger partial charge in [-0.2, -0.15) is 0 Å². The van der Waals surface area contributed by atoms with Crippen LogP contribution in [0, 0.1) is 0 Å². The first-order valence-electron chi connectivity index (χ1n) is 5.71. The highest BCUT2D eigenvalue weighted by Crippen LogP contribution is 2.00. The van der Waals surface area contributed by atoms with Crippen LogP contribution in [0.15, 0.2) is 0 Å². The maximum Gasteiger partial charge on any atom is 0.0593 e. The summed E-state index contributed by atoms with van der Waals surface area (Å²) >= 11 is 5.62. The molecule has 0 saturated carbocycles. The Balaban J connectivity index is 3.28. The molecule has 0 spiro atoms. The van der Waals surface area contributed by atoms with Crippen molar-refractivity contribution in [3.8, 4) is 0 Å². The topological polar surface area (TPSA) is 12.5 Å². The minimum atomic E-state index is 0.797. The van der Waals surface area contributed by atoms with Gasteiger partial charge in [0.15, 0.2) is 0 Å². The Morgan fingerprint density at radius 3 is 2.43 bits per heavy atom. The zero-order valence-electron chi connectivity index (χ0n) is 9.60. The summed E-state index contributed by atoms with van der Waals surface area (Å²) in [5.41, 5.74) is 0. The van der Waals surface area contributed by atoms with E-state index in [4.69, 9.17) is 16.3 Å². The molecule has 0 bridgehead atoms. The van der Waals surface area contributed by atoms with Gasteiger partial charge in [0.2, 0.25) is 0 Å². The van der Waals surface area contributed by atoms with Crippen LogP contribution in [0.2, 0.25) is 0 Å². The van der Waals surface area contributed by atoms with Gasteiger partial charge in [0.25, 0.3) is 0 Å². The van der Waals surface area contributed by atoms with Crippen molar-refractivity contribution >= 4 is 11.6 Å². The van der Waals surface area contributed by atoms with Crippen LogP contribution in [0.3, 0.4) is 0 Å². The second-order valence-electron chi connectivity index (χ2n) is 3.38. The van der Waals surface area contributed by atoms with E-state index < -0.39 is 0 Å². The van der Waals surface area contributed by atoms with Gasteiger partial charge in [0, 0.05) is 19.0 Å². The molecule has 0 atom stereocenters. The zero-order valence-corrected chi connectivity index (χ0v) is 10.4. The van der Waals surface area contributed by atoms with E-state index in [0.717, 1.165) is 38.6 Å². The second kappa shape index (κ2) is 11.3. The van der Waals surface area contributed by atoms with Gasteiger partial charge in [-0.3, -0.25) is 0 Å². The first-order valence-corrected chi connectivity index (χ1v) is 6.24. The molecule has 0 aliphatic heterocycles. The fourth-order valence-electron chi connectivity index (χ4n) is 1.37. The summed E-state index contributed by atoms with van der Waals surface area (Å²) in [6, 6.07) is 0. The minimum absolute atomic E-state index is 0.797. The molecule has 0 heterocycles. The number of alkyl halides is 1. The normalized spacial score (nSPS) is 11.1. The number of unbranched alkanes of at least 4 members (excludes halogenated alkanes) is 2. The summed E-state index contributed by atoms with van der Waals surface area (Å²) in [7, 11) is 0. The molecule has 0 N–H and O–H groups in total. The number of hydrogen-bond donors (Lipinski definition) is 0. The van der Waals surface area contributed by atoms with Crippen LogP contribution in [-0.4, -0.2) is 43.6 Å². The number of ether oxygens (including phenoxy) is 1. The largest absolute Gasteiger partial charge is 0.380 e. The molecule has 0 amide bonds. The van der Waals surface area contributed by atoms with Gasteiger partial charge in [0.05, 0.1) is 6.61 Å². The van der Waals surface area contributed by atoms with Crippen LogP contribution < -0.4 is 0 Å². The Morgan fingerprint density at radius 1 is 1.07 bits per heavy atom. The average Bonchev–Trinajstić information content (AvgIpc) is 2.22. The van der Waals surface area contributed by atoms with Crippen molar-refractivity contribution in [3.63, 3.8) is 0 Å². The summed E-state index contributed by atoms with van der Waals surface area (Å²) in [5, 5.41) is 0. The minimum Gasteiger partial charge on any atom is -0.380 e.